The summed E-state index contributed by atoms with van der Waals surface area (Å²) in [5, 5.41) is 16.8. The quantitative estimate of drug-likeness (QED) is 0.750. The van der Waals surface area contributed by atoms with Gasteiger partial charge in [0, 0.05) is 16.3 Å². The van der Waals surface area contributed by atoms with Gasteiger partial charge in [0.15, 0.2) is 0 Å². The SMILES string of the molecule is N#Cc1cccc(CNC(c2cccs2)c2cccs2)c1. The van der Waals surface area contributed by atoms with Gasteiger partial charge in [-0.1, -0.05) is 24.3 Å². The second kappa shape index (κ2) is 6.68. The maximum atomic E-state index is 8.97. The molecule has 2 nitrogen and oxygen atoms in total. The average molecular weight is 310 g/mol. The van der Waals surface area contributed by atoms with Gasteiger partial charge < -0.3 is 5.32 Å². The molecule has 4 heteroatoms. The summed E-state index contributed by atoms with van der Waals surface area (Å²) >= 11 is 3.53. The third-order valence-electron chi connectivity index (χ3n) is 3.22. The Bertz CT molecular complexity index is 690. The molecule has 0 atom stereocenters. The standard InChI is InChI=1S/C17H14N2S2/c18-11-13-4-1-5-14(10-13)12-19-17(15-6-2-8-20-15)16-7-3-9-21-16/h1-10,17,19H,12H2. The molecule has 0 aliphatic heterocycles. The van der Waals surface area contributed by atoms with Crippen molar-refractivity contribution in [3.05, 3.63) is 80.2 Å². The first-order chi connectivity index (χ1) is 10.4. The number of rotatable bonds is 5. The molecule has 3 rings (SSSR count). The summed E-state index contributed by atoms with van der Waals surface area (Å²) in [4.78, 5) is 2.63. The van der Waals surface area contributed by atoms with Gasteiger partial charge in [-0.2, -0.15) is 5.26 Å². The lowest BCUT2D eigenvalue weighted by molar-refractivity contribution is 0.621. The number of thiophene rings is 2. The summed E-state index contributed by atoms with van der Waals surface area (Å²) in [5.74, 6) is 0. The van der Waals surface area contributed by atoms with E-state index in [1.165, 1.54) is 9.75 Å². The minimum absolute atomic E-state index is 0.218. The van der Waals surface area contributed by atoms with Crippen LogP contribution in [0.2, 0.25) is 0 Å². The van der Waals surface area contributed by atoms with E-state index < -0.39 is 0 Å². The molecular weight excluding hydrogens is 296 g/mol. The Morgan fingerprint density at radius 2 is 1.71 bits per heavy atom. The molecule has 0 spiro atoms. The summed E-state index contributed by atoms with van der Waals surface area (Å²) in [6.45, 7) is 0.746. The second-order valence-corrected chi connectivity index (χ2v) is 6.62. The van der Waals surface area contributed by atoms with Crippen LogP contribution in [-0.4, -0.2) is 0 Å². The zero-order valence-electron chi connectivity index (χ0n) is 11.3. The van der Waals surface area contributed by atoms with Crippen LogP contribution in [0.1, 0.15) is 26.9 Å². The fourth-order valence-electron chi connectivity index (χ4n) is 2.22. The van der Waals surface area contributed by atoms with E-state index in [0.29, 0.717) is 5.56 Å². The molecule has 0 unspecified atom stereocenters. The minimum atomic E-state index is 0.218. The van der Waals surface area contributed by atoms with E-state index in [1.807, 2.05) is 24.3 Å². The van der Waals surface area contributed by atoms with Crippen molar-refractivity contribution in [2.24, 2.45) is 0 Å². The highest BCUT2D eigenvalue weighted by atomic mass is 32.1. The van der Waals surface area contributed by atoms with Crippen LogP contribution in [0.4, 0.5) is 0 Å². The van der Waals surface area contributed by atoms with Gasteiger partial charge in [0.05, 0.1) is 17.7 Å². The lowest BCUT2D eigenvalue weighted by Gasteiger charge is -2.16. The highest BCUT2D eigenvalue weighted by Gasteiger charge is 2.15. The third kappa shape index (κ3) is 3.40. The van der Waals surface area contributed by atoms with Crippen molar-refractivity contribution in [2.75, 3.05) is 0 Å². The van der Waals surface area contributed by atoms with E-state index in [4.69, 9.17) is 5.26 Å². The van der Waals surface area contributed by atoms with Crippen molar-refractivity contribution < 1.29 is 0 Å². The van der Waals surface area contributed by atoms with Crippen LogP contribution in [0.5, 0.6) is 0 Å². The molecule has 0 aliphatic rings. The van der Waals surface area contributed by atoms with Crippen LogP contribution in [0.3, 0.4) is 0 Å². The zero-order valence-corrected chi connectivity index (χ0v) is 13.0. The van der Waals surface area contributed by atoms with Crippen LogP contribution < -0.4 is 5.32 Å². The zero-order chi connectivity index (χ0) is 14.5. The molecule has 0 aliphatic carbocycles. The highest BCUT2D eigenvalue weighted by Crippen LogP contribution is 2.29. The first kappa shape index (κ1) is 14.0. The van der Waals surface area contributed by atoms with Crippen molar-refractivity contribution in [2.45, 2.75) is 12.6 Å². The lowest BCUT2D eigenvalue weighted by atomic mass is 10.1. The molecule has 0 bridgehead atoms. The van der Waals surface area contributed by atoms with E-state index in [9.17, 15) is 0 Å². The molecule has 0 radical (unpaired) electrons. The van der Waals surface area contributed by atoms with Gasteiger partial charge in [0.25, 0.3) is 0 Å². The smallest absolute Gasteiger partial charge is 0.0991 e. The molecule has 0 amide bonds. The molecule has 0 saturated carbocycles. The molecule has 1 N–H and O–H groups in total. The summed E-state index contributed by atoms with van der Waals surface area (Å²) in [5.41, 5.74) is 1.84. The number of nitrogens with one attached hydrogen (secondary N) is 1. The molecule has 2 heterocycles. The van der Waals surface area contributed by atoms with Gasteiger partial charge in [-0.05, 0) is 40.6 Å². The summed E-state index contributed by atoms with van der Waals surface area (Å²) < 4.78 is 0. The van der Waals surface area contributed by atoms with E-state index in [-0.39, 0.29) is 6.04 Å². The largest absolute Gasteiger partial charge is 0.301 e. The van der Waals surface area contributed by atoms with Crippen LogP contribution >= 0.6 is 22.7 Å². The maximum Gasteiger partial charge on any atom is 0.0991 e. The van der Waals surface area contributed by atoms with E-state index in [0.717, 1.165) is 12.1 Å². The molecule has 0 saturated heterocycles. The van der Waals surface area contributed by atoms with Crippen molar-refractivity contribution in [3.8, 4) is 6.07 Å². The number of hydrogen-bond donors (Lipinski definition) is 1. The summed E-state index contributed by atoms with van der Waals surface area (Å²) in [6.07, 6.45) is 0. The highest BCUT2D eigenvalue weighted by molar-refractivity contribution is 7.11. The molecular formula is C17H14N2S2. The van der Waals surface area contributed by atoms with E-state index in [2.05, 4.69) is 46.4 Å². The third-order valence-corrected chi connectivity index (χ3v) is 5.10. The predicted molar refractivity (Wildman–Crippen MR) is 88.5 cm³/mol. The lowest BCUT2D eigenvalue weighted by Crippen LogP contribution is -2.20. The molecule has 104 valence electrons. The first-order valence-electron chi connectivity index (χ1n) is 6.66. The predicted octanol–water partition coefficient (Wildman–Crippen LogP) is 4.56. The molecule has 1 aromatic carbocycles. The van der Waals surface area contributed by atoms with Crippen molar-refractivity contribution in [1.82, 2.24) is 5.32 Å². The van der Waals surface area contributed by atoms with E-state index >= 15 is 0 Å². The molecule has 2 aromatic heterocycles. The first-order valence-corrected chi connectivity index (χ1v) is 8.42. The fourth-order valence-corrected chi connectivity index (χ4v) is 3.93. The Morgan fingerprint density at radius 1 is 1.00 bits per heavy atom. The second-order valence-electron chi connectivity index (χ2n) is 4.66. The minimum Gasteiger partial charge on any atom is -0.301 e. The van der Waals surface area contributed by atoms with Crippen molar-refractivity contribution in [1.29, 1.82) is 5.26 Å². The van der Waals surface area contributed by atoms with Gasteiger partial charge in [-0.3, -0.25) is 0 Å². The Labute approximate surface area is 132 Å². The van der Waals surface area contributed by atoms with E-state index in [1.54, 1.807) is 22.7 Å². The fraction of sp³-hybridized carbons (Fsp3) is 0.118. The summed E-state index contributed by atoms with van der Waals surface area (Å²) in [7, 11) is 0. The van der Waals surface area contributed by atoms with Gasteiger partial charge >= 0.3 is 0 Å². The average Bonchev–Trinajstić information content (AvgIpc) is 3.21. The van der Waals surface area contributed by atoms with Crippen LogP contribution in [0.25, 0.3) is 0 Å². The van der Waals surface area contributed by atoms with Crippen LogP contribution in [0, 0.1) is 11.3 Å². The van der Waals surface area contributed by atoms with Gasteiger partial charge in [0.1, 0.15) is 0 Å². The Hall–Kier alpha value is -1.93. The van der Waals surface area contributed by atoms with Crippen molar-refractivity contribution in [3.63, 3.8) is 0 Å². The number of nitriles is 1. The Balaban J connectivity index is 1.78. The topological polar surface area (TPSA) is 35.8 Å². The van der Waals surface area contributed by atoms with Crippen molar-refractivity contribution >= 4 is 22.7 Å². The number of nitrogens with zero attached hydrogens (tertiary/aromatic N) is 1. The number of benzene rings is 1. The van der Waals surface area contributed by atoms with Crippen LogP contribution in [0.15, 0.2) is 59.3 Å². The normalized spacial score (nSPS) is 10.7. The molecule has 0 fully saturated rings. The Kier molecular flexibility index (Phi) is 4.46. The molecule has 3 aromatic rings. The summed E-state index contributed by atoms with van der Waals surface area (Å²) in [6, 6.07) is 18.6. The van der Waals surface area contributed by atoms with Crippen LogP contribution in [-0.2, 0) is 6.54 Å². The Morgan fingerprint density at radius 3 is 2.29 bits per heavy atom. The molecule has 21 heavy (non-hydrogen) atoms. The van der Waals surface area contributed by atoms with Gasteiger partial charge in [-0.25, -0.2) is 0 Å². The van der Waals surface area contributed by atoms with Gasteiger partial charge in [0.2, 0.25) is 0 Å². The number of hydrogen-bond acceptors (Lipinski definition) is 4. The monoisotopic (exact) mass is 310 g/mol. The van der Waals surface area contributed by atoms with Gasteiger partial charge in [-0.15, -0.1) is 22.7 Å². The maximum absolute atomic E-state index is 8.97.